The Labute approximate surface area is 590 Å². The Morgan fingerprint density at radius 3 is 1.78 bits per heavy atom. The number of β-lactam (4-membered cyclic amide) rings is 1. The number of carboxylic acid groups (broad SMARTS) is 1. The predicted octanol–water partition coefficient (Wildman–Crippen LogP) is -1.33. The van der Waals surface area contributed by atoms with Crippen molar-refractivity contribution in [2.45, 2.75) is 143 Å². The van der Waals surface area contributed by atoms with Crippen LogP contribution < -0.4 is 45.5 Å². The molecule has 15 atom stereocenters. The van der Waals surface area contributed by atoms with Gasteiger partial charge in [0, 0.05) is 52.2 Å². The van der Waals surface area contributed by atoms with Crippen molar-refractivity contribution in [3.8, 4) is 23.0 Å². The molecule has 3 saturated heterocycles. The second-order valence-corrected chi connectivity index (χ2v) is 25.0. The van der Waals surface area contributed by atoms with Gasteiger partial charge < -0.3 is 120 Å². The van der Waals surface area contributed by atoms with Gasteiger partial charge in [0.2, 0.25) is 37.1 Å². The van der Waals surface area contributed by atoms with Crippen LogP contribution in [0.15, 0.2) is 120 Å². The summed E-state index contributed by atoms with van der Waals surface area (Å²) >= 11 is 6.44. The number of esters is 2. The third kappa shape index (κ3) is 18.6. The molecule has 0 radical (unpaired) electrons. The molecule has 35 heteroatoms. The van der Waals surface area contributed by atoms with Gasteiger partial charge in [-0.15, -0.1) is 0 Å². The number of fused-ring (bicyclic) bond motifs is 3. The predicted molar refractivity (Wildman–Crippen MR) is 353 cm³/mol. The maximum Gasteiger partial charge on any atom is 0.359 e. The first-order valence-electron chi connectivity index (χ1n) is 32.7. The summed E-state index contributed by atoms with van der Waals surface area (Å²) in [6.45, 7) is -3.32. The van der Waals surface area contributed by atoms with Crippen molar-refractivity contribution in [3.05, 3.63) is 131 Å². The van der Waals surface area contributed by atoms with Gasteiger partial charge in [-0.2, -0.15) is 0 Å². The van der Waals surface area contributed by atoms with Gasteiger partial charge in [-0.25, -0.2) is 9.59 Å². The molecule has 6 heterocycles. The second kappa shape index (κ2) is 34.8. The summed E-state index contributed by atoms with van der Waals surface area (Å²) in [6.07, 6.45) is -13.5. The van der Waals surface area contributed by atoms with Crippen LogP contribution in [0.25, 0.3) is 21.8 Å². The van der Waals surface area contributed by atoms with Crippen LogP contribution in [0.4, 0.5) is 0 Å². The van der Waals surface area contributed by atoms with Gasteiger partial charge >= 0.3 is 17.9 Å². The highest BCUT2D eigenvalue weighted by molar-refractivity contribution is 6.32. The van der Waals surface area contributed by atoms with Gasteiger partial charge in [-0.1, -0.05) is 72.3 Å². The quantitative estimate of drug-likeness (QED) is 0.00982. The van der Waals surface area contributed by atoms with E-state index in [0.717, 1.165) is 4.90 Å². The number of aromatic amines is 2. The van der Waals surface area contributed by atoms with Crippen LogP contribution in [0.2, 0.25) is 0 Å². The summed E-state index contributed by atoms with van der Waals surface area (Å²) in [5, 5.41) is 105. The number of nitrogens with one attached hydrogen (secondary N) is 7. The molecule has 552 valence electrons. The number of benzene rings is 4. The molecule has 6 amide bonds. The average molecular weight is 1460 g/mol. The Morgan fingerprint density at radius 1 is 0.631 bits per heavy atom. The molecule has 4 aliphatic heterocycles. The molecule has 10 rings (SSSR count). The van der Waals surface area contributed by atoms with Crippen molar-refractivity contribution < 1.29 is 127 Å². The van der Waals surface area contributed by atoms with Crippen molar-refractivity contribution in [1.29, 1.82) is 0 Å². The van der Waals surface area contributed by atoms with E-state index >= 15 is 0 Å². The number of rotatable bonds is 33. The first-order chi connectivity index (χ1) is 49.5. The lowest BCUT2D eigenvalue weighted by Gasteiger charge is -2.50. The van der Waals surface area contributed by atoms with Crippen molar-refractivity contribution >= 4 is 86.8 Å². The molecule has 103 heavy (non-hydrogen) atoms. The molecular weight excluding hydrogens is 1380 g/mol. The number of aliphatic carboxylic acids is 1. The van der Waals surface area contributed by atoms with Crippen molar-refractivity contribution in [3.63, 3.8) is 0 Å². The number of aromatic nitrogens is 2. The lowest BCUT2D eigenvalue weighted by atomic mass is 9.86. The van der Waals surface area contributed by atoms with Crippen LogP contribution in [0.3, 0.4) is 0 Å². The number of carboxylic acids is 1. The first kappa shape index (κ1) is 75.7. The van der Waals surface area contributed by atoms with Gasteiger partial charge in [0.05, 0.1) is 25.7 Å². The second-order valence-electron chi connectivity index (χ2n) is 24.5. The van der Waals surface area contributed by atoms with E-state index in [1.807, 2.05) is 0 Å². The van der Waals surface area contributed by atoms with Crippen molar-refractivity contribution in [1.82, 2.24) is 41.5 Å². The average Bonchev–Trinajstić information content (AvgIpc) is 1.24. The number of ether oxygens (including phenoxy) is 8. The van der Waals surface area contributed by atoms with E-state index in [0.29, 0.717) is 27.4 Å². The number of nitrogens with zero attached hydrogens (tertiary/aromatic N) is 1. The minimum atomic E-state index is -1.77. The summed E-state index contributed by atoms with van der Waals surface area (Å²) in [5.74, 6) is -7.66. The molecular formula is C68H77ClN8O26. The van der Waals surface area contributed by atoms with Crippen LogP contribution in [0, 0.1) is 0 Å². The number of unbranched alkanes of at least 4 members (excludes halogenated alkanes) is 1. The van der Waals surface area contributed by atoms with E-state index in [1.165, 1.54) is 42.7 Å². The number of allylic oxidation sites excluding steroid dienone is 1. The number of aliphatic hydroxyl groups excluding tert-OH is 8. The van der Waals surface area contributed by atoms with Gasteiger partial charge in [-0.3, -0.25) is 38.5 Å². The van der Waals surface area contributed by atoms with Crippen molar-refractivity contribution in [2.75, 3.05) is 39.8 Å². The molecule has 0 saturated carbocycles. The molecule has 4 aliphatic rings. The van der Waals surface area contributed by atoms with E-state index in [-0.39, 0.29) is 84.4 Å². The number of carbonyl (C=O) groups excluding carboxylic acids is 8. The van der Waals surface area contributed by atoms with Crippen LogP contribution in [0.1, 0.15) is 62.1 Å². The highest BCUT2D eigenvalue weighted by Crippen LogP contribution is 2.40. The topological polar surface area (TPSA) is 505 Å². The zero-order valence-electron chi connectivity index (χ0n) is 54.7. The molecule has 16 N–H and O–H groups in total. The smallest absolute Gasteiger partial charge is 0.359 e. The summed E-state index contributed by atoms with van der Waals surface area (Å²) in [5.41, 5.74) is 1.66. The lowest BCUT2D eigenvalue weighted by molar-refractivity contribution is -0.277. The minimum absolute atomic E-state index is 0.00291. The third-order valence-electron chi connectivity index (χ3n) is 17.5. The molecule has 0 spiro atoms. The molecule has 3 fully saturated rings. The molecule has 2 aromatic heterocycles. The largest absolute Gasteiger partial charge is 0.484 e. The highest BCUT2D eigenvalue weighted by Gasteiger charge is 2.54. The van der Waals surface area contributed by atoms with Gasteiger partial charge in [0.1, 0.15) is 102 Å². The Bertz CT molecular complexity index is 4050. The SMILES string of the molecule is O=C(COc1ccc2[nH]cc(O[C@@H]3O[C@H](CO)[C@H](O)[C@@H](O)[C@H]3O)c2c1)NCCCCC(NC(=O)COc1ccc2[nH]cc(O[C@@H]3O[C@H](CO)[C@H](O)[C@H](O)[C@H]3O)c2c1)C(=O)NC(CCC(=O)NC(C(=O)N[C@@H]1C(=O)N2C(C(=O)OCOC(=O)Cc3ccccc3)=C(Cl)CCC12)c1ccccc1)C(=O)O. The highest BCUT2D eigenvalue weighted by atomic mass is 35.5. The monoisotopic (exact) mass is 1460 g/mol. The minimum Gasteiger partial charge on any atom is -0.484 e. The van der Waals surface area contributed by atoms with E-state index in [2.05, 4.69) is 36.6 Å². The number of carbonyl (C=O) groups is 9. The normalized spacial score (nSPS) is 23.9. The number of hydrogen-bond donors (Lipinski definition) is 16. The number of halogens is 1. The van der Waals surface area contributed by atoms with Crippen molar-refractivity contribution in [2.24, 2.45) is 0 Å². The zero-order valence-corrected chi connectivity index (χ0v) is 55.5. The fraction of sp³-hybridized carbons (Fsp3) is 0.426. The Kier molecular flexibility index (Phi) is 25.6. The molecule has 0 aliphatic carbocycles. The fourth-order valence-corrected chi connectivity index (χ4v) is 12.2. The van der Waals surface area contributed by atoms with Crippen LogP contribution in [-0.2, 0) is 68.5 Å². The van der Waals surface area contributed by atoms with E-state index in [1.54, 1.807) is 66.7 Å². The fourth-order valence-electron chi connectivity index (χ4n) is 11.9. The van der Waals surface area contributed by atoms with Crippen LogP contribution in [0.5, 0.6) is 23.0 Å². The number of amides is 6. The first-order valence-corrected chi connectivity index (χ1v) is 33.1. The lowest BCUT2D eigenvalue weighted by Crippen LogP contribution is -2.72. The molecule has 4 unspecified atom stereocenters. The van der Waals surface area contributed by atoms with Gasteiger partial charge in [0.15, 0.2) is 13.2 Å². The van der Waals surface area contributed by atoms with Crippen LogP contribution in [-0.4, -0.2) is 240 Å². The standard InChI is InChI=1S/C68H77ClN8O26/c69-39-16-20-44-54(64(92)77(44)55(39)66(95)99-32-98-52(83)23-33-9-3-1-4-10-33)76-63(91)53(34-11-5-2-6-12-34)75-49(80)21-19-43(65(93)94)74-62(90)42(73-51(82)31-97-36-15-18-41-38(25-36)46(27-72-41)101-68-61(89)59(87)57(85)48(29-79)103-68)13-7-8-22-70-50(81)30-96-35-14-17-40-37(24-35)45(26-71-40)100-67-60(88)58(86)56(84)47(28-78)102-67/h1-6,9-12,14-15,17-18,24-27,42-44,47-48,53-54,56-61,67-68,71-72,78-79,84-89H,7-8,13,16,19-23,28-32H2,(H,70,81)(H,73,82)(H,74,90)(H,75,80)(H,76,91)(H,93,94)/t42?,43?,44?,47-,48-,53?,54+,56+,57+,58-,59+,60-,61-,67-,68-/m1/s1. The summed E-state index contributed by atoms with van der Waals surface area (Å²) in [7, 11) is 0. The van der Waals surface area contributed by atoms with E-state index in [9.17, 15) is 89.1 Å². The zero-order chi connectivity index (χ0) is 73.6. The molecule has 6 aromatic rings. The summed E-state index contributed by atoms with van der Waals surface area (Å²) in [6, 6.07) is 19.1. The molecule has 34 nitrogen and oxygen atoms in total. The Morgan fingerprint density at radius 2 is 1.20 bits per heavy atom. The Hall–Kier alpha value is -9.98. The third-order valence-corrected chi connectivity index (χ3v) is 17.9. The Balaban J connectivity index is 0.746. The number of aliphatic hydroxyl groups is 8. The maximum atomic E-state index is 14.2. The van der Waals surface area contributed by atoms with E-state index in [4.69, 9.17) is 49.5 Å². The van der Waals surface area contributed by atoms with Gasteiger partial charge in [0.25, 0.3) is 17.7 Å². The van der Waals surface area contributed by atoms with Crippen LogP contribution >= 0.6 is 11.6 Å². The number of H-pyrrole nitrogens is 2. The molecule has 4 aromatic carbocycles. The maximum absolute atomic E-state index is 14.2. The van der Waals surface area contributed by atoms with E-state index < -0.39 is 191 Å². The summed E-state index contributed by atoms with van der Waals surface area (Å²) in [4.78, 5) is 128. The van der Waals surface area contributed by atoms with Gasteiger partial charge in [-0.05, 0) is 86.1 Å². The summed E-state index contributed by atoms with van der Waals surface area (Å²) < 4.78 is 44.3. The number of hydrogen-bond acceptors (Lipinski definition) is 25. The molecule has 0 bridgehead atoms.